The number of para-hydroxylation sites is 1. The fourth-order valence-electron chi connectivity index (χ4n) is 1.49. The Hall–Kier alpha value is -2.26. The number of benzene rings is 1. The maximum Gasteiger partial charge on any atom is 0.419 e. The number of aromatic nitrogens is 1. The van der Waals surface area contributed by atoms with Crippen LogP contribution in [0.15, 0.2) is 36.4 Å². The van der Waals surface area contributed by atoms with E-state index in [0.29, 0.717) is 0 Å². The van der Waals surface area contributed by atoms with Crippen molar-refractivity contribution in [3.8, 4) is 17.7 Å². The van der Waals surface area contributed by atoms with Gasteiger partial charge in [0.15, 0.2) is 0 Å². The summed E-state index contributed by atoms with van der Waals surface area (Å²) in [5.41, 5.74) is -0.787. The van der Waals surface area contributed by atoms with Crippen molar-refractivity contribution in [1.82, 2.24) is 4.98 Å². The third-order valence-corrected chi connectivity index (χ3v) is 2.50. The third-order valence-electron chi connectivity index (χ3n) is 2.31. The van der Waals surface area contributed by atoms with Crippen LogP contribution in [0.4, 0.5) is 13.2 Å². The van der Waals surface area contributed by atoms with Crippen molar-refractivity contribution in [3.05, 3.63) is 52.7 Å². The highest BCUT2D eigenvalue weighted by atomic mass is 35.5. The van der Waals surface area contributed by atoms with Crippen LogP contribution in [0.25, 0.3) is 0 Å². The SMILES string of the molecule is N#Cc1cc(Cl)nc(Oc2ccccc2C(F)(F)F)c1. The molecule has 3 nitrogen and oxygen atoms in total. The van der Waals surface area contributed by atoms with Gasteiger partial charge < -0.3 is 4.74 Å². The van der Waals surface area contributed by atoms with Gasteiger partial charge in [0.1, 0.15) is 10.9 Å². The first-order valence-electron chi connectivity index (χ1n) is 5.32. The molecule has 20 heavy (non-hydrogen) atoms. The van der Waals surface area contributed by atoms with Crippen LogP contribution < -0.4 is 4.74 Å². The normalized spacial score (nSPS) is 10.9. The summed E-state index contributed by atoms with van der Waals surface area (Å²) >= 11 is 5.66. The number of nitrogens with zero attached hydrogens (tertiary/aromatic N) is 2. The Balaban J connectivity index is 2.41. The summed E-state index contributed by atoms with van der Waals surface area (Å²) in [6.07, 6.45) is -4.55. The molecule has 0 amide bonds. The van der Waals surface area contributed by atoms with Gasteiger partial charge in [-0.05, 0) is 18.2 Å². The lowest BCUT2D eigenvalue weighted by Gasteiger charge is -2.12. The van der Waals surface area contributed by atoms with Crippen molar-refractivity contribution >= 4 is 11.6 Å². The van der Waals surface area contributed by atoms with Gasteiger partial charge >= 0.3 is 6.18 Å². The van der Waals surface area contributed by atoms with E-state index in [1.807, 2.05) is 6.07 Å². The van der Waals surface area contributed by atoms with E-state index in [1.165, 1.54) is 24.3 Å². The Morgan fingerprint density at radius 1 is 1.20 bits per heavy atom. The van der Waals surface area contributed by atoms with Gasteiger partial charge in [0.25, 0.3) is 0 Å². The van der Waals surface area contributed by atoms with Crippen LogP contribution >= 0.6 is 11.6 Å². The lowest BCUT2D eigenvalue weighted by Crippen LogP contribution is -2.07. The van der Waals surface area contributed by atoms with Crippen LogP contribution in [0.1, 0.15) is 11.1 Å². The number of alkyl halides is 3. The maximum absolute atomic E-state index is 12.8. The Bertz CT molecular complexity index is 680. The second-order valence-corrected chi connectivity index (χ2v) is 4.11. The van der Waals surface area contributed by atoms with E-state index in [-0.39, 0.29) is 16.6 Å². The number of pyridine rings is 1. The number of ether oxygens (including phenoxy) is 1. The standard InChI is InChI=1S/C13H6ClF3N2O/c14-11-5-8(7-18)6-12(19-11)20-10-4-2-1-3-9(10)13(15,16)17/h1-6H. The molecule has 0 unspecified atom stereocenters. The first-order valence-corrected chi connectivity index (χ1v) is 5.70. The molecular formula is C13H6ClF3N2O. The number of nitriles is 1. The zero-order valence-electron chi connectivity index (χ0n) is 9.78. The molecule has 0 atom stereocenters. The van der Waals surface area contributed by atoms with Crippen molar-refractivity contribution in [3.63, 3.8) is 0 Å². The molecule has 0 fully saturated rings. The average Bonchev–Trinajstić information content (AvgIpc) is 2.37. The van der Waals surface area contributed by atoms with Gasteiger partial charge in [-0.15, -0.1) is 0 Å². The van der Waals surface area contributed by atoms with Crippen LogP contribution in [0.5, 0.6) is 11.6 Å². The highest BCUT2D eigenvalue weighted by Crippen LogP contribution is 2.37. The number of hydrogen-bond acceptors (Lipinski definition) is 3. The number of rotatable bonds is 2. The fraction of sp³-hybridized carbons (Fsp3) is 0.0769. The molecule has 0 aliphatic carbocycles. The smallest absolute Gasteiger partial charge is 0.419 e. The summed E-state index contributed by atoms with van der Waals surface area (Å²) in [5, 5.41) is 8.73. The Labute approximate surface area is 117 Å². The van der Waals surface area contributed by atoms with E-state index in [0.717, 1.165) is 12.1 Å². The fourth-order valence-corrected chi connectivity index (χ4v) is 1.69. The zero-order chi connectivity index (χ0) is 14.8. The first-order chi connectivity index (χ1) is 9.40. The second kappa shape index (κ2) is 5.39. The Morgan fingerprint density at radius 3 is 2.55 bits per heavy atom. The van der Waals surface area contributed by atoms with Crippen LogP contribution in [0, 0.1) is 11.3 Å². The van der Waals surface area contributed by atoms with Crippen LogP contribution in [0.2, 0.25) is 5.15 Å². The molecule has 0 saturated heterocycles. The van der Waals surface area contributed by atoms with Crippen molar-refractivity contribution < 1.29 is 17.9 Å². The van der Waals surface area contributed by atoms with E-state index in [9.17, 15) is 13.2 Å². The molecule has 0 saturated carbocycles. The van der Waals surface area contributed by atoms with Crippen LogP contribution in [-0.4, -0.2) is 4.98 Å². The molecule has 1 heterocycles. The summed E-state index contributed by atoms with van der Waals surface area (Å²) in [7, 11) is 0. The van der Waals surface area contributed by atoms with E-state index >= 15 is 0 Å². The molecule has 0 radical (unpaired) electrons. The van der Waals surface area contributed by atoms with Crippen molar-refractivity contribution in [2.75, 3.05) is 0 Å². The predicted molar refractivity (Wildman–Crippen MR) is 65.5 cm³/mol. The molecule has 102 valence electrons. The molecule has 0 spiro atoms. The van der Waals surface area contributed by atoms with Crippen molar-refractivity contribution in [2.45, 2.75) is 6.18 Å². The predicted octanol–water partition coefficient (Wildman–Crippen LogP) is 4.42. The third kappa shape index (κ3) is 3.19. The quantitative estimate of drug-likeness (QED) is 0.771. The van der Waals surface area contributed by atoms with E-state index in [1.54, 1.807) is 0 Å². The Kier molecular flexibility index (Phi) is 3.81. The van der Waals surface area contributed by atoms with Gasteiger partial charge in [0.05, 0.1) is 17.2 Å². The highest BCUT2D eigenvalue weighted by Gasteiger charge is 2.34. The molecule has 2 aromatic rings. The summed E-state index contributed by atoms with van der Waals surface area (Å²) in [4.78, 5) is 3.72. The number of halogens is 4. The monoisotopic (exact) mass is 298 g/mol. The van der Waals surface area contributed by atoms with Crippen molar-refractivity contribution in [2.24, 2.45) is 0 Å². The molecule has 1 aromatic heterocycles. The summed E-state index contributed by atoms with van der Waals surface area (Å²) in [6, 6.07) is 9.01. The summed E-state index contributed by atoms with van der Waals surface area (Å²) < 4.78 is 43.5. The average molecular weight is 299 g/mol. The van der Waals surface area contributed by atoms with Gasteiger partial charge in [-0.25, -0.2) is 4.98 Å². The van der Waals surface area contributed by atoms with Crippen LogP contribution in [0.3, 0.4) is 0 Å². The van der Waals surface area contributed by atoms with E-state index < -0.39 is 17.5 Å². The van der Waals surface area contributed by atoms with E-state index in [4.69, 9.17) is 21.6 Å². The Morgan fingerprint density at radius 2 is 1.90 bits per heavy atom. The maximum atomic E-state index is 12.8. The largest absolute Gasteiger partial charge is 0.438 e. The van der Waals surface area contributed by atoms with E-state index in [2.05, 4.69) is 4.98 Å². The lowest BCUT2D eigenvalue weighted by atomic mass is 10.2. The summed E-state index contributed by atoms with van der Waals surface area (Å²) in [5.74, 6) is -0.579. The molecule has 7 heteroatoms. The highest BCUT2D eigenvalue weighted by molar-refractivity contribution is 6.29. The summed E-state index contributed by atoms with van der Waals surface area (Å²) in [6.45, 7) is 0. The first kappa shape index (κ1) is 14.2. The van der Waals surface area contributed by atoms with Gasteiger partial charge in [-0.3, -0.25) is 0 Å². The topological polar surface area (TPSA) is 45.9 Å². The minimum Gasteiger partial charge on any atom is -0.438 e. The molecule has 0 N–H and O–H groups in total. The molecule has 0 aliphatic heterocycles. The minimum absolute atomic E-state index is 0.0384. The molecule has 2 rings (SSSR count). The van der Waals surface area contributed by atoms with Crippen molar-refractivity contribution in [1.29, 1.82) is 5.26 Å². The minimum atomic E-state index is -4.55. The molecule has 0 bridgehead atoms. The number of hydrogen-bond donors (Lipinski definition) is 0. The van der Waals surface area contributed by atoms with Gasteiger partial charge in [0, 0.05) is 6.07 Å². The molecular weight excluding hydrogens is 293 g/mol. The van der Waals surface area contributed by atoms with Gasteiger partial charge in [-0.2, -0.15) is 18.4 Å². The second-order valence-electron chi connectivity index (χ2n) is 3.72. The zero-order valence-corrected chi connectivity index (χ0v) is 10.5. The lowest BCUT2D eigenvalue weighted by molar-refractivity contribution is -0.138. The van der Waals surface area contributed by atoms with Crippen LogP contribution in [-0.2, 0) is 6.18 Å². The molecule has 1 aromatic carbocycles. The van der Waals surface area contributed by atoms with Gasteiger partial charge in [0.2, 0.25) is 5.88 Å². The molecule has 0 aliphatic rings. The van der Waals surface area contributed by atoms with Gasteiger partial charge in [-0.1, -0.05) is 23.7 Å².